The fourth-order valence-electron chi connectivity index (χ4n) is 4.45. The summed E-state index contributed by atoms with van der Waals surface area (Å²) in [6, 6.07) is 12.5. The van der Waals surface area contributed by atoms with Gasteiger partial charge in [0, 0.05) is 26.2 Å². The standard InChI is InChI=1S/C25H30N2O5S/c1-18-10-11-22(33(30,31)27-13-6-3-7-14-27)16-23(18)25(29)32-19(2)24(28)26-15-12-20-8-4-5-9-21(20)17-26/h4-5,8-11,16,19H,3,6-7,12-15,17H2,1-2H3. The van der Waals surface area contributed by atoms with Gasteiger partial charge in [0.25, 0.3) is 5.91 Å². The second-order valence-corrected chi connectivity index (χ2v) is 10.7. The Morgan fingerprint density at radius 3 is 2.39 bits per heavy atom. The number of carbonyl (C=O) groups excluding carboxylic acids is 2. The van der Waals surface area contributed by atoms with E-state index < -0.39 is 22.1 Å². The van der Waals surface area contributed by atoms with E-state index >= 15 is 0 Å². The predicted molar refractivity (Wildman–Crippen MR) is 124 cm³/mol. The molecule has 2 aliphatic heterocycles. The molecule has 176 valence electrons. The molecular formula is C25H30N2O5S. The molecule has 0 N–H and O–H groups in total. The van der Waals surface area contributed by atoms with E-state index in [1.807, 2.05) is 18.2 Å². The Kier molecular flexibility index (Phi) is 6.86. The van der Waals surface area contributed by atoms with Crippen molar-refractivity contribution in [1.82, 2.24) is 9.21 Å². The van der Waals surface area contributed by atoms with Crippen LogP contribution in [0.1, 0.15) is 53.2 Å². The van der Waals surface area contributed by atoms with E-state index in [-0.39, 0.29) is 16.4 Å². The zero-order valence-corrected chi connectivity index (χ0v) is 19.9. The van der Waals surface area contributed by atoms with Gasteiger partial charge in [-0.3, -0.25) is 4.79 Å². The predicted octanol–water partition coefficient (Wildman–Crippen LogP) is 3.30. The number of aryl methyl sites for hydroxylation is 1. The summed E-state index contributed by atoms with van der Waals surface area (Å²) < 4.78 is 33.0. The molecule has 2 aromatic carbocycles. The number of hydrogen-bond donors (Lipinski definition) is 0. The van der Waals surface area contributed by atoms with Crippen molar-refractivity contribution in [2.24, 2.45) is 0 Å². The third-order valence-electron chi connectivity index (χ3n) is 6.46. The summed E-state index contributed by atoms with van der Waals surface area (Å²) in [7, 11) is -3.67. The number of esters is 1. The lowest BCUT2D eigenvalue weighted by Gasteiger charge is -2.30. The lowest BCUT2D eigenvalue weighted by Crippen LogP contribution is -2.42. The lowest BCUT2D eigenvalue weighted by molar-refractivity contribution is -0.140. The highest BCUT2D eigenvalue weighted by atomic mass is 32.2. The average molecular weight is 471 g/mol. The molecule has 2 aromatic rings. The molecule has 0 saturated carbocycles. The molecule has 1 fully saturated rings. The second kappa shape index (κ2) is 9.65. The van der Waals surface area contributed by atoms with E-state index in [1.165, 1.54) is 22.0 Å². The molecule has 1 atom stereocenters. The third-order valence-corrected chi connectivity index (χ3v) is 8.35. The fourth-order valence-corrected chi connectivity index (χ4v) is 6.00. The van der Waals surface area contributed by atoms with Gasteiger partial charge < -0.3 is 9.64 Å². The first kappa shape index (κ1) is 23.4. The van der Waals surface area contributed by atoms with Crippen molar-refractivity contribution < 1.29 is 22.7 Å². The number of carbonyl (C=O) groups is 2. The number of hydrogen-bond acceptors (Lipinski definition) is 5. The topological polar surface area (TPSA) is 84.0 Å². The Bertz CT molecular complexity index is 1160. The molecule has 1 unspecified atom stereocenters. The zero-order chi connectivity index (χ0) is 23.6. The minimum absolute atomic E-state index is 0.0774. The first-order valence-corrected chi connectivity index (χ1v) is 12.9. The van der Waals surface area contributed by atoms with Gasteiger partial charge in [0.15, 0.2) is 6.10 Å². The quantitative estimate of drug-likeness (QED) is 0.626. The van der Waals surface area contributed by atoms with Crippen LogP contribution in [0.3, 0.4) is 0 Å². The molecule has 0 aromatic heterocycles. The van der Waals surface area contributed by atoms with Crippen LogP contribution in [-0.2, 0) is 32.5 Å². The molecule has 4 rings (SSSR count). The van der Waals surface area contributed by atoms with Gasteiger partial charge in [-0.15, -0.1) is 0 Å². The summed E-state index contributed by atoms with van der Waals surface area (Å²) in [4.78, 5) is 27.6. The van der Waals surface area contributed by atoms with Crippen molar-refractivity contribution in [1.29, 1.82) is 0 Å². The normalized spacial score (nSPS) is 17.8. The summed E-state index contributed by atoms with van der Waals surface area (Å²) in [5.41, 5.74) is 3.09. The Balaban J connectivity index is 1.47. The first-order chi connectivity index (χ1) is 15.8. The molecule has 0 radical (unpaired) electrons. The van der Waals surface area contributed by atoms with Crippen LogP contribution in [0.2, 0.25) is 0 Å². The van der Waals surface area contributed by atoms with Gasteiger partial charge in [0.05, 0.1) is 10.5 Å². The monoisotopic (exact) mass is 470 g/mol. The fraction of sp³-hybridized carbons (Fsp3) is 0.440. The van der Waals surface area contributed by atoms with Crippen molar-refractivity contribution in [2.45, 2.75) is 57.1 Å². The van der Waals surface area contributed by atoms with E-state index in [0.29, 0.717) is 31.7 Å². The highest BCUT2D eigenvalue weighted by Crippen LogP contribution is 2.24. The molecular weight excluding hydrogens is 440 g/mol. The van der Waals surface area contributed by atoms with Crippen molar-refractivity contribution in [3.8, 4) is 0 Å². The Morgan fingerprint density at radius 1 is 0.970 bits per heavy atom. The summed E-state index contributed by atoms with van der Waals surface area (Å²) >= 11 is 0. The van der Waals surface area contributed by atoms with Crippen LogP contribution >= 0.6 is 0 Å². The molecule has 2 heterocycles. The SMILES string of the molecule is Cc1ccc(S(=O)(=O)N2CCCCC2)cc1C(=O)OC(C)C(=O)N1CCc2ccccc2C1. The smallest absolute Gasteiger partial charge is 0.339 e. The van der Waals surface area contributed by atoms with E-state index in [1.54, 1.807) is 24.8 Å². The van der Waals surface area contributed by atoms with Crippen LogP contribution in [0.25, 0.3) is 0 Å². The number of benzene rings is 2. The van der Waals surface area contributed by atoms with Crippen molar-refractivity contribution in [3.63, 3.8) is 0 Å². The van der Waals surface area contributed by atoms with Gasteiger partial charge in [0.1, 0.15) is 0 Å². The summed E-state index contributed by atoms with van der Waals surface area (Å²) in [6.45, 7) is 5.31. The molecule has 2 aliphatic rings. The molecule has 0 bridgehead atoms. The van der Waals surface area contributed by atoms with Crippen LogP contribution in [-0.4, -0.2) is 55.2 Å². The lowest BCUT2D eigenvalue weighted by atomic mass is 9.99. The molecule has 1 amide bonds. The Morgan fingerprint density at radius 2 is 1.67 bits per heavy atom. The van der Waals surface area contributed by atoms with E-state index in [0.717, 1.165) is 31.2 Å². The number of nitrogens with zero attached hydrogens (tertiary/aromatic N) is 2. The number of amides is 1. The van der Waals surface area contributed by atoms with Crippen LogP contribution in [0.4, 0.5) is 0 Å². The van der Waals surface area contributed by atoms with E-state index in [9.17, 15) is 18.0 Å². The number of fused-ring (bicyclic) bond motifs is 1. The molecule has 1 saturated heterocycles. The Hall–Kier alpha value is -2.71. The average Bonchev–Trinajstić information content (AvgIpc) is 2.83. The maximum Gasteiger partial charge on any atom is 0.339 e. The zero-order valence-electron chi connectivity index (χ0n) is 19.1. The molecule has 0 aliphatic carbocycles. The molecule has 0 spiro atoms. The summed E-state index contributed by atoms with van der Waals surface area (Å²) in [5.74, 6) is -0.950. The highest BCUT2D eigenvalue weighted by molar-refractivity contribution is 7.89. The van der Waals surface area contributed by atoms with Crippen LogP contribution in [0, 0.1) is 6.92 Å². The highest BCUT2D eigenvalue weighted by Gasteiger charge is 2.30. The van der Waals surface area contributed by atoms with Gasteiger partial charge in [0.2, 0.25) is 10.0 Å². The third kappa shape index (κ3) is 4.96. The minimum atomic E-state index is -3.67. The van der Waals surface area contributed by atoms with E-state index in [4.69, 9.17) is 4.74 Å². The van der Waals surface area contributed by atoms with E-state index in [2.05, 4.69) is 6.07 Å². The van der Waals surface area contributed by atoms with Crippen LogP contribution in [0.5, 0.6) is 0 Å². The van der Waals surface area contributed by atoms with Gasteiger partial charge >= 0.3 is 5.97 Å². The van der Waals surface area contributed by atoms with Crippen LogP contribution < -0.4 is 0 Å². The Labute approximate surface area is 195 Å². The minimum Gasteiger partial charge on any atom is -0.449 e. The first-order valence-electron chi connectivity index (χ1n) is 11.4. The number of ether oxygens (including phenoxy) is 1. The van der Waals surface area contributed by atoms with Gasteiger partial charge in [-0.1, -0.05) is 36.8 Å². The summed E-state index contributed by atoms with van der Waals surface area (Å²) in [6.07, 6.45) is 2.48. The largest absolute Gasteiger partial charge is 0.449 e. The number of piperidine rings is 1. The maximum atomic E-state index is 13.0. The van der Waals surface area contributed by atoms with Gasteiger partial charge in [-0.05, 0) is 61.9 Å². The molecule has 8 heteroatoms. The number of rotatable bonds is 5. The van der Waals surface area contributed by atoms with Gasteiger partial charge in [-0.25, -0.2) is 13.2 Å². The van der Waals surface area contributed by atoms with Crippen molar-refractivity contribution in [2.75, 3.05) is 19.6 Å². The van der Waals surface area contributed by atoms with Crippen LogP contribution in [0.15, 0.2) is 47.4 Å². The van der Waals surface area contributed by atoms with Crippen molar-refractivity contribution in [3.05, 3.63) is 64.7 Å². The molecule has 7 nitrogen and oxygen atoms in total. The molecule has 33 heavy (non-hydrogen) atoms. The van der Waals surface area contributed by atoms with Crippen molar-refractivity contribution >= 4 is 21.9 Å². The maximum absolute atomic E-state index is 13.0. The second-order valence-electron chi connectivity index (χ2n) is 8.77. The van der Waals surface area contributed by atoms with Gasteiger partial charge in [-0.2, -0.15) is 4.31 Å². The number of sulfonamides is 1. The summed E-state index contributed by atoms with van der Waals surface area (Å²) in [5, 5.41) is 0.